The first kappa shape index (κ1) is 34.6. The van der Waals surface area contributed by atoms with E-state index >= 15 is 0 Å². The number of hydrogen-bond donors (Lipinski definition) is 0. The molecule has 0 aromatic rings. The van der Waals surface area contributed by atoms with Crippen molar-refractivity contribution in [3.8, 4) is 0 Å². The molecule has 0 amide bonds. The zero-order valence-electron chi connectivity index (χ0n) is 24.5. The molecular weight excluding hydrogens is 458 g/mol. The van der Waals surface area contributed by atoms with Crippen LogP contribution in [-0.4, -0.2) is 73.8 Å². The van der Waals surface area contributed by atoms with Gasteiger partial charge in [0.25, 0.3) is 0 Å². The number of ether oxygens (including phenoxy) is 6. The molecule has 0 aromatic heterocycles. The third-order valence-corrected chi connectivity index (χ3v) is 5.26. The molecule has 212 valence electrons. The molecule has 0 heterocycles. The van der Waals surface area contributed by atoms with Crippen molar-refractivity contribution in [3.63, 3.8) is 0 Å². The van der Waals surface area contributed by atoms with Gasteiger partial charge in [0, 0.05) is 6.61 Å². The highest BCUT2D eigenvalue weighted by Gasteiger charge is 2.30. The van der Waals surface area contributed by atoms with Crippen LogP contribution in [0.3, 0.4) is 0 Å². The van der Waals surface area contributed by atoms with Crippen LogP contribution in [0.1, 0.15) is 102 Å². The van der Waals surface area contributed by atoms with Gasteiger partial charge in [-0.05, 0) is 102 Å². The van der Waals surface area contributed by atoms with Crippen molar-refractivity contribution in [1.82, 2.24) is 0 Å². The first-order chi connectivity index (χ1) is 15.6. The summed E-state index contributed by atoms with van der Waals surface area (Å²) in [6, 6.07) is 0. The fourth-order valence-electron chi connectivity index (χ4n) is 3.03. The summed E-state index contributed by atoms with van der Waals surface area (Å²) < 4.78 is 62.2. The molecule has 0 saturated carbocycles. The van der Waals surface area contributed by atoms with E-state index in [4.69, 9.17) is 28.4 Å². The monoisotopic (exact) mass is 512 g/mol. The second kappa shape index (κ2) is 14.5. The van der Waals surface area contributed by atoms with Crippen LogP contribution in [0.15, 0.2) is 0 Å². The average molecular weight is 513 g/mol. The second-order valence-electron chi connectivity index (χ2n) is 12.2. The molecular formula is C27H54F2O6. The number of halogens is 2. The predicted octanol–water partition coefficient (Wildman–Crippen LogP) is 6.78. The molecule has 0 aromatic carbocycles. The summed E-state index contributed by atoms with van der Waals surface area (Å²) in [4.78, 5) is 0. The van der Waals surface area contributed by atoms with E-state index in [2.05, 4.69) is 0 Å². The molecule has 35 heavy (non-hydrogen) atoms. The number of alkyl halides is 2. The van der Waals surface area contributed by atoms with Gasteiger partial charge in [0.2, 0.25) is 11.7 Å². The van der Waals surface area contributed by atoms with Crippen LogP contribution in [0.5, 0.6) is 0 Å². The van der Waals surface area contributed by atoms with Gasteiger partial charge in [-0.1, -0.05) is 0 Å². The Morgan fingerprint density at radius 3 is 1.29 bits per heavy atom. The maximum Gasteiger partial charge on any atom is 0.203 e. The lowest BCUT2D eigenvalue weighted by molar-refractivity contribution is -0.185. The van der Waals surface area contributed by atoms with Gasteiger partial charge in [0.15, 0.2) is 0 Å². The summed E-state index contributed by atoms with van der Waals surface area (Å²) in [5.41, 5.74) is -1.53. The molecule has 0 aliphatic rings. The van der Waals surface area contributed by atoms with Crippen LogP contribution >= 0.6 is 0 Å². The van der Waals surface area contributed by atoms with Crippen LogP contribution in [0, 0.1) is 0 Å². The van der Waals surface area contributed by atoms with E-state index in [9.17, 15) is 8.78 Å². The Balaban J connectivity index is 5.07. The van der Waals surface area contributed by atoms with E-state index in [0.717, 1.165) is 6.42 Å². The minimum Gasteiger partial charge on any atom is -0.379 e. The highest BCUT2D eigenvalue weighted by atomic mass is 19.2. The van der Waals surface area contributed by atoms with Crippen LogP contribution in [-0.2, 0) is 28.4 Å². The third-order valence-electron chi connectivity index (χ3n) is 5.26. The maximum atomic E-state index is 13.7. The molecule has 0 spiro atoms. The molecule has 0 rings (SSSR count). The van der Waals surface area contributed by atoms with E-state index in [1.54, 1.807) is 0 Å². The Bertz CT molecular complexity index is 565. The van der Waals surface area contributed by atoms with Crippen LogP contribution in [0.4, 0.5) is 8.78 Å². The number of hydrogen-bond acceptors (Lipinski definition) is 6. The van der Waals surface area contributed by atoms with Gasteiger partial charge in [-0.15, -0.1) is 0 Å². The molecule has 1 unspecified atom stereocenters. The van der Waals surface area contributed by atoms with Gasteiger partial charge >= 0.3 is 0 Å². The van der Waals surface area contributed by atoms with Crippen molar-refractivity contribution in [2.75, 3.05) is 33.0 Å². The first-order valence-corrected chi connectivity index (χ1v) is 12.8. The van der Waals surface area contributed by atoms with Crippen molar-refractivity contribution in [2.24, 2.45) is 0 Å². The fraction of sp³-hybridized carbons (Fsp3) is 1.00. The Kier molecular flexibility index (Phi) is 14.4. The summed E-state index contributed by atoms with van der Waals surface area (Å²) in [5, 5.41) is 0. The Morgan fingerprint density at radius 2 is 0.914 bits per heavy atom. The van der Waals surface area contributed by atoms with Crippen LogP contribution < -0.4 is 0 Å². The molecule has 8 heteroatoms. The van der Waals surface area contributed by atoms with Crippen molar-refractivity contribution >= 4 is 0 Å². The van der Waals surface area contributed by atoms with Crippen molar-refractivity contribution in [2.45, 2.75) is 143 Å². The maximum absolute atomic E-state index is 13.7. The minimum absolute atomic E-state index is 0.168. The molecule has 0 radical (unpaired) electrons. The lowest BCUT2D eigenvalue weighted by atomic mass is 10.0. The highest BCUT2D eigenvalue weighted by Crippen LogP contribution is 2.24. The number of rotatable bonds is 20. The van der Waals surface area contributed by atoms with Gasteiger partial charge in [0.1, 0.15) is 6.10 Å². The summed E-state index contributed by atoms with van der Waals surface area (Å²) in [6.45, 7) is 23.0. The zero-order valence-corrected chi connectivity index (χ0v) is 24.5. The van der Waals surface area contributed by atoms with Gasteiger partial charge < -0.3 is 28.4 Å². The van der Waals surface area contributed by atoms with E-state index in [0.29, 0.717) is 26.1 Å². The lowest BCUT2D eigenvalue weighted by Crippen LogP contribution is -2.42. The lowest BCUT2D eigenvalue weighted by Gasteiger charge is -2.36. The smallest absolute Gasteiger partial charge is 0.203 e. The first-order valence-electron chi connectivity index (χ1n) is 12.8. The molecule has 0 N–H and O–H groups in total. The SMILES string of the molecule is CC(C)OCCC(C)(C)OCC(COC(C)(C)CCOC(C)(C)F)OC(C)(C)CCOC(C)(C)F. The van der Waals surface area contributed by atoms with E-state index in [1.807, 2.05) is 55.4 Å². The third kappa shape index (κ3) is 21.4. The standard InChI is InChI=1S/C27H54F2O6/c1-21(2)30-16-13-23(3,4)33-19-22(35-25(7,8)15-18-32-27(11,12)29)20-34-24(5,6)14-17-31-26(9,10)28/h21-22H,13-20H2,1-12H3. The Morgan fingerprint density at radius 1 is 0.543 bits per heavy atom. The summed E-state index contributed by atoms with van der Waals surface area (Å²) in [5.74, 6) is -3.37. The Hall–Kier alpha value is -0.380. The second-order valence-corrected chi connectivity index (χ2v) is 12.2. The van der Waals surface area contributed by atoms with Gasteiger partial charge in [-0.2, -0.15) is 0 Å². The topological polar surface area (TPSA) is 55.4 Å². The minimum atomic E-state index is -1.69. The van der Waals surface area contributed by atoms with Gasteiger partial charge in [-0.25, -0.2) is 8.78 Å². The molecule has 0 saturated heterocycles. The molecule has 0 fully saturated rings. The van der Waals surface area contributed by atoms with E-state index < -0.39 is 28.5 Å². The molecule has 0 aliphatic heterocycles. The average Bonchev–Trinajstić information content (AvgIpc) is 2.61. The predicted molar refractivity (Wildman–Crippen MR) is 136 cm³/mol. The van der Waals surface area contributed by atoms with Gasteiger partial charge in [0.05, 0.1) is 49.3 Å². The summed E-state index contributed by atoms with van der Waals surface area (Å²) in [6.07, 6.45) is 1.57. The van der Waals surface area contributed by atoms with Crippen molar-refractivity contribution in [1.29, 1.82) is 0 Å². The van der Waals surface area contributed by atoms with Crippen LogP contribution in [0.25, 0.3) is 0 Å². The van der Waals surface area contributed by atoms with Crippen LogP contribution in [0.2, 0.25) is 0 Å². The summed E-state index contributed by atoms with van der Waals surface area (Å²) in [7, 11) is 0. The normalized spacial score (nSPS) is 15.2. The largest absolute Gasteiger partial charge is 0.379 e. The highest BCUT2D eigenvalue weighted by molar-refractivity contribution is 4.77. The quantitative estimate of drug-likeness (QED) is 0.179. The van der Waals surface area contributed by atoms with E-state index in [1.165, 1.54) is 27.7 Å². The fourth-order valence-corrected chi connectivity index (χ4v) is 3.03. The summed E-state index contributed by atoms with van der Waals surface area (Å²) >= 11 is 0. The molecule has 0 aliphatic carbocycles. The van der Waals surface area contributed by atoms with Gasteiger partial charge in [-0.3, -0.25) is 0 Å². The molecule has 0 bridgehead atoms. The van der Waals surface area contributed by atoms with Crippen molar-refractivity contribution < 1.29 is 37.2 Å². The molecule has 6 nitrogen and oxygen atoms in total. The van der Waals surface area contributed by atoms with Crippen molar-refractivity contribution in [3.05, 3.63) is 0 Å². The van der Waals surface area contributed by atoms with E-state index in [-0.39, 0.29) is 32.0 Å². The zero-order chi connectivity index (χ0) is 27.6. The Labute approximate surface area is 213 Å². The molecule has 1 atom stereocenters.